The lowest BCUT2D eigenvalue weighted by Crippen LogP contribution is -2.22. The van der Waals surface area contributed by atoms with Crippen LogP contribution in [0.4, 0.5) is 5.82 Å². The van der Waals surface area contributed by atoms with E-state index in [1.54, 1.807) is 11.3 Å². The molecule has 4 nitrogen and oxygen atoms in total. The quantitative estimate of drug-likeness (QED) is 0.888. The second-order valence-electron chi connectivity index (χ2n) is 5.27. The highest BCUT2D eigenvalue weighted by Gasteiger charge is 2.06. The van der Waals surface area contributed by atoms with E-state index in [-0.39, 0.29) is 0 Å². The molecule has 0 aliphatic heterocycles. The van der Waals surface area contributed by atoms with Crippen LogP contribution in [0.2, 0.25) is 0 Å². The molecule has 20 heavy (non-hydrogen) atoms. The second kappa shape index (κ2) is 6.81. The number of thiazole rings is 1. The molecule has 0 aliphatic carbocycles. The van der Waals surface area contributed by atoms with Gasteiger partial charge in [-0.3, -0.25) is 0 Å². The lowest BCUT2D eigenvalue weighted by Gasteiger charge is -2.17. The van der Waals surface area contributed by atoms with Crippen molar-refractivity contribution in [3.8, 4) is 0 Å². The largest absolute Gasteiger partial charge is 0.354 e. The summed E-state index contributed by atoms with van der Waals surface area (Å²) in [5, 5.41) is 6.60. The molecule has 0 saturated heterocycles. The van der Waals surface area contributed by atoms with E-state index in [0.29, 0.717) is 6.04 Å². The molecule has 0 spiro atoms. The molecule has 2 rings (SSSR count). The molecule has 0 amide bonds. The van der Waals surface area contributed by atoms with Gasteiger partial charge in [0, 0.05) is 31.2 Å². The van der Waals surface area contributed by atoms with E-state index in [1.807, 2.05) is 20.2 Å². The minimum Gasteiger partial charge on any atom is -0.354 e. The Morgan fingerprint density at radius 2 is 2.15 bits per heavy atom. The van der Waals surface area contributed by atoms with Crippen molar-refractivity contribution < 1.29 is 0 Å². The number of nitrogens with one attached hydrogen (secondary N) is 1. The number of nitrogens with zero attached hydrogens (tertiary/aromatic N) is 3. The van der Waals surface area contributed by atoms with Crippen molar-refractivity contribution in [3.05, 3.63) is 40.0 Å². The van der Waals surface area contributed by atoms with Crippen LogP contribution >= 0.6 is 11.3 Å². The fourth-order valence-electron chi connectivity index (χ4n) is 1.87. The Labute approximate surface area is 124 Å². The van der Waals surface area contributed by atoms with Gasteiger partial charge in [-0.25, -0.2) is 9.97 Å². The van der Waals surface area contributed by atoms with Crippen LogP contribution in [0.15, 0.2) is 23.7 Å². The van der Waals surface area contributed by atoms with E-state index < -0.39 is 0 Å². The Hall–Kier alpha value is -1.46. The molecule has 0 unspecified atom stereocenters. The molecular weight excluding hydrogens is 268 g/mol. The maximum atomic E-state index is 4.52. The molecule has 2 aromatic rings. The summed E-state index contributed by atoms with van der Waals surface area (Å²) in [5.74, 6) is 0.976. The summed E-state index contributed by atoms with van der Waals surface area (Å²) >= 11 is 1.69. The molecule has 0 atom stereocenters. The van der Waals surface area contributed by atoms with E-state index in [0.717, 1.165) is 29.6 Å². The fourth-order valence-corrected chi connectivity index (χ4v) is 2.48. The van der Waals surface area contributed by atoms with Crippen molar-refractivity contribution in [2.45, 2.75) is 39.9 Å². The van der Waals surface area contributed by atoms with Gasteiger partial charge in [0.05, 0.1) is 17.2 Å². The van der Waals surface area contributed by atoms with Crippen LogP contribution in [0.3, 0.4) is 0 Å². The fraction of sp³-hybridized carbons (Fsp3) is 0.467. The first-order valence-corrected chi connectivity index (χ1v) is 7.73. The summed E-state index contributed by atoms with van der Waals surface area (Å²) in [6.07, 6.45) is 1.94. The predicted octanol–water partition coefficient (Wildman–Crippen LogP) is 2.98. The Bertz CT molecular complexity index is 533. The number of aromatic nitrogens is 2. The van der Waals surface area contributed by atoms with Gasteiger partial charge in [-0.15, -0.1) is 11.3 Å². The van der Waals surface area contributed by atoms with Crippen molar-refractivity contribution in [1.29, 1.82) is 0 Å². The average Bonchev–Trinajstić information content (AvgIpc) is 2.82. The van der Waals surface area contributed by atoms with Crippen LogP contribution in [-0.2, 0) is 13.1 Å². The molecular formula is C15H22N4S. The highest BCUT2D eigenvalue weighted by atomic mass is 32.1. The van der Waals surface area contributed by atoms with Gasteiger partial charge in [0.1, 0.15) is 5.82 Å². The second-order valence-corrected chi connectivity index (χ2v) is 6.34. The highest BCUT2D eigenvalue weighted by Crippen LogP contribution is 2.15. The number of rotatable bonds is 6. The molecule has 5 heteroatoms. The first-order chi connectivity index (χ1) is 9.54. The summed E-state index contributed by atoms with van der Waals surface area (Å²) < 4.78 is 0. The summed E-state index contributed by atoms with van der Waals surface area (Å²) in [5.41, 5.74) is 2.31. The smallest absolute Gasteiger partial charge is 0.128 e. The van der Waals surface area contributed by atoms with Gasteiger partial charge in [0.2, 0.25) is 0 Å². The van der Waals surface area contributed by atoms with Crippen molar-refractivity contribution in [3.63, 3.8) is 0 Å². The summed E-state index contributed by atoms with van der Waals surface area (Å²) in [6, 6.07) is 4.68. The van der Waals surface area contributed by atoms with Gasteiger partial charge in [-0.1, -0.05) is 19.9 Å². The molecule has 0 bridgehead atoms. The van der Waals surface area contributed by atoms with Gasteiger partial charge in [-0.2, -0.15) is 0 Å². The number of pyridine rings is 1. The van der Waals surface area contributed by atoms with E-state index >= 15 is 0 Å². The van der Waals surface area contributed by atoms with Crippen molar-refractivity contribution in [1.82, 2.24) is 15.3 Å². The van der Waals surface area contributed by atoms with E-state index in [4.69, 9.17) is 0 Å². The van der Waals surface area contributed by atoms with Crippen LogP contribution in [0.25, 0.3) is 0 Å². The third-order valence-corrected chi connectivity index (χ3v) is 3.80. The van der Waals surface area contributed by atoms with Crippen molar-refractivity contribution in [2.24, 2.45) is 0 Å². The Kier molecular flexibility index (Phi) is 5.09. The monoisotopic (exact) mass is 290 g/mol. The van der Waals surface area contributed by atoms with E-state index in [2.05, 4.69) is 51.5 Å². The molecule has 1 N–H and O–H groups in total. The topological polar surface area (TPSA) is 41.1 Å². The van der Waals surface area contributed by atoms with Gasteiger partial charge in [-0.05, 0) is 18.6 Å². The van der Waals surface area contributed by atoms with E-state index in [1.165, 1.54) is 5.56 Å². The third-order valence-electron chi connectivity index (χ3n) is 2.98. The summed E-state index contributed by atoms with van der Waals surface area (Å²) in [7, 11) is 2.04. The Morgan fingerprint density at radius 3 is 2.70 bits per heavy atom. The molecule has 0 aliphatic rings. The van der Waals surface area contributed by atoms with Crippen LogP contribution in [0.5, 0.6) is 0 Å². The number of aryl methyl sites for hydroxylation is 1. The molecule has 0 fully saturated rings. The number of hydrogen-bond acceptors (Lipinski definition) is 5. The average molecular weight is 290 g/mol. The van der Waals surface area contributed by atoms with Crippen LogP contribution in [-0.4, -0.2) is 23.1 Å². The first kappa shape index (κ1) is 14.9. The Morgan fingerprint density at radius 1 is 1.35 bits per heavy atom. The molecule has 2 heterocycles. The summed E-state index contributed by atoms with van der Waals surface area (Å²) in [6.45, 7) is 7.97. The van der Waals surface area contributed by atoms with Gasteiger partial charge < -0.3 is 10.2 Å². The van der Waals surface area contributed by atoms with Gasteiger partial charge in [0.25, 0.3) is 0 Å². The standard InChI is InChI=1S/C15H22N4S/c1-11(2)16-7-13-5-6-15(17-8-13)19(4)9-14-10-20-12(3)18-14/h5-6,8,10-11,16H,7,9H2,1-4H3. The molecule has 0 saturated carbocycles. The summed E-state index contributed by atoms with van der Waals surface area (Å²) in [4.78, 5) is 11.1. The SMILES string of the molecule is Cc1nc(CN(C)c2ccc(CNC(C)C)cn2)cs1. The molecule has 2 aromatic heterocycles. The maximum absolute atomic E-state index is 4.52. The minimum absolute atomic E-state index is 0.491. The van der Waals surface area contributed by atoms with Crippen LogP contribution in [0, 0.1) is 6.92 Å². The number of anilines is 1. The zero-order valence-electron chi connectivity index (χ0n) is 12.6. The lowest BCUT2D eigenvalue weighted by molar-refractivity contribution is 0.588. The molecule has 0 radical (unpaired) electrons. The zero-order chi connectivity index (χ0) is 14.5. The normalized spacial score (nSPS) is 11.1. The minimum atomic E-state index is 0.491. The highest BCUT2D eigenvalue weighted by molar-refractivity contribution is 7.09. The first-order valence-electron chi connectivity index (χ1n) is 6.85. The lowest BCUT2D eigenvalue weighted by atomic mass is 10.2. The zero-order valence-corrected chi connectivity index (χ0v) is 13.4. The van der Waals surface area contributed by atoms with Crippen molar-refractivity contribution >= 4 is 17.2 Å². The maximum Gasteiger partial charge on any atom is 0.128 e. The predicted molar refractivity (Wildman–Crippen MR) is 85.2 cm³/mol. The number of hydrogen-bond donors (Lipinski definition) is 1. The Balaban J connectivity index is 1.94. The van der Waals surface area contributed by atoms with Gasteiger partial charge >= 0.3 is 0 Å². The molecule has 108 valence electrons. The van der Waals surface area contributed by atoms with Crippen molar-refractivity contribution in [2.75, 3.05) is 11.9 Å². The molecule has 0 aromatic carbocycles. The van der Waals surface area contributed by atoms with E-state index in [9.17, 15) is 0 Å². The third kappa shape index (κ3) is 4.28. The van der Waals surface area contributed by atoms with Crippen LogP contribution < -0.4 is 10.2 Å². The van der Waals surface area contributed by atoms with Crippen LogP contribution in [0.1, 0.15) is 30.1 Å². The van der Waals surface area contributed by atoms with Gasteiger partial charge in [0.15, 0.2) is 0 Å².